The highest BCUT2D eigenvalue weighted by Crippen LogP contribution is 2.24. The van der Waals surface area contributed by atoms with E-state index in [4.69, 9.17) is 10.5 Å². The van der Waals surface area contributed by atoms with E-state index in [-0.39, 0.29) is 42.1 Å². The lowest BCUT2D eigenvalue weighted by Crippen LogP contribution is -2.42. The van der Waals surface area contributed by atoms with Gasteiger partial charge in [0.25, 0.3) is 5.56 Å². The summed E-state index contributed by atoms with van der Waals surface area (Å²) in [7, 11) is 1.54. The van der Waals surface area contributed by atoms with Gasteiger partial charge in [-0.15, -0.1) is 11.8 Å². The minimum absolute atomic E-state index is 0.0442. The van der Waals surface area contributed by atoms with Gasteiger partial charge in [0.1, 0.15) is 11.6 Å². The van der Waals surface area contributed by atoms with Gasteiger partial charge < -0.3 is 15.4 Å². The molecule has 1 amide bonds. The highest BCUT2D eigenvalue weighted by molar-refractivity contribution is 7.99. The molecule has 8 nitrogen and oxygen atoms in total. The van der Waals surface area contributed by atoms with Crippen LogP contribution in [-0.4, -0.2) is 41.5 Å². The number of benzene rings is 1. The van der Waals surface area contributed by atoms with Crippen molar-refractivity contribution in [3.63, 3.8) is 0 Å². The average molecular weight is 453 g/mol. The van der Waals surface area contributed by atoms with Crippen LogP contribution in [0.2, 0.25) is 0 Å². The van der Waals surface area contributed by atoms with Gasteiger partial charge in [-0.2, -0.15) is 0 Å². The second-order valence-electron chi connectivity index (χ2n) is 7.42. The normalized spacial score (nSPS) is 11.1. The third-order valence-electron chi connectivity index (χ3n) is 4.47. The zero-order valence-corrected chi connectivity index (χ0v) is 18.8. The number of H-pyrrole nitrogens is 1. The van der Waals surface area contributed by atoms with E-state index >= 15 is 0 Å². The molecule has 10 heteroatoms. The van der Waals surface area contributed by atoms with Crippen LogP contribution in [0.25, 0.3) is 0 Å². The lowest BCUT2D eigenvalue weighted by Gasteiger charge is -2.25. The van der Waals surface area contributed by atoms with E-state index in [1.54, 1.807) is 25.3 Å². The predicted octanol–water partition coefficient (Wildman–Crippen LogP) is 2.47. The summed E-state index contributed by atoms with van der Waals surface area (Å²) < 4.78 is 20.1. The first-order chi connectivity index (χ1) is 14.8. The Morgan fingerprint density at radius 3 is 2.68 bits per heavy atom. The van der Waals surface area contributed by atoms with Crippen molar-refractivity contribution in [3.05, 3.63) is 50.9 Å². The number of thioether (sulfide) groups is 1. The molecule has 2 aromatic rings. The van der Waals surface area contributed by atoms with Crippen molar-refractivity contribution >= 4 is 29.2 Å². The summed E-state index contributed by atoms with van der Waals surface area (Å²) in [6.07, 6.45) is 0.541. The Morgan fingerprint density at radius 1 is 1.32 bits per heavy atom. The molecule has 0 aliphatic rings. The van der Waals surface area contributed by atoms with Gasteiger partial charge in [0.2, 0.25) is 5.91 Å². The molecule has 0 bridgehead atoms. The highest BCUT2D eigenvalue weighted by atomic mass is 32.2. The molecule has 1 heterocycles. The molecular formula is C21H29FN4O4S. The van der Waals surface area contributed by atoms with E-state index in [9.17, 15) is 18.8 Å². The number of carbonyl (C=O) groups is 1. The molecule has 170 valence electrons. The Hall–Kier alpha value is -2.59. The van der Waals surface area contributed by atoms with Gasteiger partial charge in [-0.1, -0.05) is 26.0 Å². The summed E-state index contributed by atoms with van der Waals surface area (Å²) in [6.45, 7) is 4.72. The monoisotopic (exact) mass is 452 g/mol. The fraction of sp³-hybridized carbons (Fsp3) is 0.476. The quantitative estimate of drug-likeness (QED) is 0.400. The topological polar surface area (TPSA) is 110 Å². The van der Waals surface area contributed by atoms with Crippen molar-refractivity contribution in [1.82, 2.24) is 9.55 Å². The zero-order valence-electron chi connectivity index (χ0n) is 18.0. The largest absolute Gasteiger partial charge is 0.385 e. The molecule has 0 saturated heterocycles. The van der Waals surface area contributed by atoms with Crippen LogP contribution in [0.3, 0.4) is 0 Å². The number of rotatable bonds is 11. The lowest BCUT2D eigenvalue weighted by atomic mass is 10.2. The Balaban J connectivity index is 2.28. The molecule has 0 spiro atoms. The van der Waals surface area contributed by atoms with Gasteiger partial charge in [-0.25, -0.2) is 9.18 Å². The Labute approximate surface area is 184 Å². The molecule has 0 aliphatic carbocycles. The Morgan fingerprint density at radius 2 is 2.03 bits per heavy atom. The number of nitrogens with two attached hydrogens (primary N) is 1. The molecule has 0 unspecified atom stereocenters. The number of ether oxygens (including phenoxy) is 1. The van der Waals surface area contributed by atoms with Crippen molar-refractivity contribution in [2.45, 2.75) is 38.1 Å². The van der Waals surface area contributed by atoms with Gasteiger partial charge in [0.15, 0.2) is 5.69 Å². The number of amides is 1. The maximum absolute atomic E-state index is 13.8. The number of anilines is 2. The standard InChI is InChI=1S/C21H29FN4O4S/c1-14(2)13-26-19(23)18(20(28)24-21(26)29)25(10-6-11-30-3)17(27)9-12-31-16-8-5-4-7-15(16)22/h4-5,7-8,14H,6,9-13,23H2,1-3H3,(H,24,28,29). The highest BCUT2D eigenvalue weighted by Gasteiger charge is 2.24. The molecule has 0 fully saturated rings. The summed E-state index contributed by atoms with van der Waals surface area (Å²) in [5.74, 6) is -0.307. The molecule has 0 aliphatic heterocycles. The summed E-state index contributed by atoms with van der Waals surface area (Å²) in [6, 6.07) is 6.33. The van der Waals surface area contributed by atoms with Crippen LogP contribution in [0.1, 0.15) is 26.7 Å². The molecule has 0 radical (unpaired) electrons. The van der Waals surface area contributed by atoms with Crippen LogP contribution in [0, 0.1) is 11.7 Å². The zero-order chi connectivity index (χ0) is 23.0. The summed E-state index contributed by atoms with van der Waals surface area (Å²) in [5.41, 5.74) is 4.81. The van der Waals surface area contributed by atoms with Crippen molar-refractivity contribution < 1.29 is 13.9 Å². The number of halogens is 1. The van der Waals surface area contributed by atoms with Crippen molar-refractivity contribution in [2.24, 2.45) is 5.92 Å². The Bertz CT molecular complexity index is 1010. The average Bonchev–Trinajstić information content (AvgIpc) is 2.71. The van der Waals surface area contributed by atoms with Crippen LogP contribution in [0.15, 0.2) is 38.8 Å². The molecule has 0 saturated carbocycles. The van der Waals surface area contributed by atoms with E-state index in [2.05, 4.69) is 4.98 Å². The lowest BCUT2D eigenvalue weighted by molar-refractivity contribution is -0.118. The van der Waals surface area contributed by atoms with Crippen LogP contribution in [0.4, 0.5) is 15.9 Å². The van der Waals surface area contributed by atoms with Gasteiger partial charge in [0, 0.05) is 43.9 Å². The number of nitrogens with one attached hydrogen (secondary N) is 1. The second kappa shape index (κ2) is 11.7. The first kappa shape index (κ1) is 24.7. The number of nitrogens with zero attached hydrogens (tertiary/aromatic N) is 2. The van der Waals surface area contributed by atoms with E-state index in [1.165, 1.54) is 27.3 Å². The second-order valence-corrected chi connectivity index (χ2v) is 8.55. The van der Waals surface area contributed by atoms with E-state index in [0.717, 1.165) is 0 Å². The first-order valence-corrected chi connectivity index (χ1v) is 11.0. The molecule has 31 heavy (non-hydrogen) atoms. The molecule has 1 aromatic heterocycles. The van der Waals surface area contributed by atoms with Crippen molar-refractivity contribution in [1.29, 1.82) is 0 Å². The molecular weight excluding hydrogens is 423 g/mol. The van der Waals surface area contributed by atoms with Gasteiger partial charge in [-0.3, -0.25) is 19.1 Å². The number of hydrogen-bond acceptors (Lipinski definition) is 6. The van der Waals surface area contributed by atoms with Gasteiger partial charge in [0.05, 0.1) is 0 Å². The number of aromatic nitrogens is 2. The van der Waals surface area contributed by atoms with Crippen molar-refractivity contribution in [3.8, 4) is 0 Å². The van der Waals surface area contributed by atoms with Crippen LogP contribution in [0.5, 0.6) is 0 Å². The fourth-order valence-corrected chi connectivity index (χ4v) is 3.94. The maximum Gasteiger partial charge on any atom is 0.330 e. The fourth-order valence-electron chi connectivity index (χ4n) is 3.06. The number of nitrogen functional groups attached to an aromatic ring is 1. The SMILES string of the molecule is COCCCN(C(=O)CCSc1ccccc1F)c1c(N)n(CC(C)C)c(=O)[nH]c1=O. The smallest absolute Gasteiger partial charge is 0.330 e. The van der Waals surface area contributed by atoms with Crippen molar-refractivity contribution in [2.75, 3.05) is 36.6 Å². The number of methoxy groups -OCH3 is 1. The van der Waals surface area contributed by atoms with Crippen LogP contribution >= 0.6 is 11.8 Å². The van der Waals surface area contributed by atoms with E-state index in [0.29, 0.717) is 30.2 Å². The first-order valence-electron chi connectivity index (χ1n) is 10.1. The molecule has 2 rings (SSSR count). The number of aromatic amines is 1. The van der Waals surface area contributed by atoms with E-state index in [1.807, 2.05) is 13.8 Å². The molecule has 3 N–H and O–H groups in total. The summed E-state index contributed by atoms with van der Waals surface area (Å²) in [5, 5.41) is 0. The minimum Gasteiger partial charge on any atom is -0.385 e. The Kier molecular flexibility index (Phi) is 9.32. The van der Waals surface area contributed by atoms with E-state index < -0.39 is 11.2 Å². The van der Waals surface area contributed by atoms with Gasteiger partial charge >= 0.3 is 5.69 Å². The molecule has 0 atom stereocenters. The van der Waals surface area contributed by atoms with Crippen LogP contribution in [-0.2, 0) is 16.1 Å². The third-order valence-corrected chi connectivity index (χ3v) is 5.52. The summed E-state index contributed by atoms with van der Waals surface area (Å²) in [4.78, 5) is 41.8. The summed E-state index contributed by atoms with van der Waals surface area (Å²) >= 11 is 1.22. The minimum atomic E-state index is -0.713. The van der Waals surface area contributed by atoms with Crippen LogP contribution < -0.4 is 21.9 Å². The third kappa shape index (κ3) is 6.70. The van der Waals surface area contributed by atoms with Gasteiger partial charge in [-0.05, 0) is 24.5 Å². The predicted molar refractivity (Wildman–Crippen MR) is 121 cm³/mol. The molecule has 1 aromatic carbocycles. The number of carbonyl (C=O) groups excluding carboxylic acids is 1. The maximum atomic E-state index is 13.8. The number of hydrogen-bond donors (Lipinski definition) is 2.